The number of nitrogens with one attached hydrogen (secondary N) is 1. The molecule has 1 fully saturated rings. The SMILES string of the molecule is O=C1C=CC2=C(C1)N1C(=CN[C@H]1c1noc(C3CC3)n1)c1cccn12. The quantitative estimate of drug-likeness (QED) is 0.909. The van der Waals surface area contributed by atoms with Gasteiger partial charge in [-0.3, -0.25) is 4.79 Å². The van der Waals surface area contributed by atoms with Crippen LogP contribution in [0.1, 0.15) is 48.8 Å². The molecule has 2 aromatic rings. The topological polar surface area (TPSA) is 76.2 Å². The van der Waals surface area contributed by atoms with Crippen molar-refractivity contribution >= 4 is 17.2 Å². The van der Waals surface area contributed by atoms with Crippen LogP contribution in [0.5, 0.6) is 0 Å². The Balaban J connectivity index is 1.48. The van der Waals surface area contributed by atoms with E-state index in [1.165, 1.54) is 0 Å². The monoisotopic (exact) mass is 333 g/mol. The van der Waals surface area contributed by atoms with E-state index in [4.69, 9.17) is 4.52 Å². The Morgan fingerprint density at radius 3 is 3.08 bits per heavy atom. The van der Waals surface area contributed by atoms with E-state index in [0.29, 0.717) is 18.2 Å². The molecule has 7 heteroatoms. The van der Waals surface area contributed by atoms with Gasteiger partial charge in [0.05, 0.1) is 29.2 Å². The highest BCUT2D eigenvalue weighted by molar-refractivity contribution is 5.98. The predicted molar refractivity (Wildman–Crippen MR) is 88.4 cm³/mol. The van der Waals surface area contributed by atoms with Gasteiger partial charge in [0, 0.05) is 18.3 Å². The normalized spacial score (nSPS) is 24.0. The number of carbonyl (C=O) groups excluding carboxylic acids is 1. The Bertz CT molecular complexity index is 1000. The van der Waals surface area contributed by atoms with Crippen LogP contribution in [0.2, 0.25) is 0 Å². The minimum Gasteiger partial charge on any atom is -0.363 e. The Morgan fingerprint density at radius 1 is 1.28 bits per heavy atom. The summed E-state index contributed by atoms with van der Waals surface area (Å²) in [6, 6.07) is 4.09. The molecule has 0 amide bonds. The van der Waals surface area contributed by atoms with Gasteiger partial charge in [-0.25, -0.2) is 0 Å². The Labute approximate surface area is 143 Å². The van der Waals surface area contributed by atoms with Gasteiger partial charge in [-0.1, -0.05) is 5.16 Å². The number of nitrogens with zero attached hydrogens (tertiary/aromatic N) is 4. The van der Waals surface area contributed by atoms with Gasteiger partial charge in [0.15, 0.2) is 11.9 Å². The molecule has 0 radical (unpaired) electrons. The highest BCUT2D eigenvalue weighted by Gasteiger charge is 2.41. The van der Waals surface area contributed by atoms with E-state index in [1.807, 2.05) is 24.5 Å². The zero-order valence-electron chi connectivity index (χ0n) is 13.3. The average Bonchev–Trinajstić information content (AvgIpc) is 3.04. The molecule has 1 N–H and O–H groups in total. The number of hydrogen-bond acceptors (Lipinski definition) is 6. The number of ketones is 1. The maximum Gasteiger partial charge on any atom is 0.229 e. The molecule has 1 saturated carbocycles. The fourth-order valence-corrected chi connectivity index (χ4v) is 3.79. The molecule has 0 bridgehead atoms. The van der Waals surface area contributed by atoms with E-state index < -0.39 is 0 Å². The molecule has 0 saturated heterocycles. The van der Waals surface area contributed by atoms with Crippen LogP contribution in [0, 0.1) is 0 Å². The second-order valence-corrected chi connectivity index (χ2v) is 6.81. The lowest BCUT2D eigenvalue weighted by atomic mass is 10.0. The molecule has 0 aromatic carbocycles. The third-order valence-electron chi connectivity index (χ3n) is 5.15. The molecular weight excluding hydrogens is 318 g/mol. The molecule has 4 heterocycles. The van der Waals surface area contributed by atoms with Crippen LogP contribution >= 0.6 is 0 Å². The number of rotatable bonds is 2. The van der Waals surface area contributed by atoms with Crippen molar-refractivity contribution in [1.82, 2.24) is 24.9 Å². The number of carbonyl (C=O) groups is 1. The van der Waals surface area contributed by atoms with Crippen molar-refractivity contribution in [3.63, 3.8) is 0 Å². The van der Waals surface area contributed by atoms with Crippen LogP contribution in [0.15, 0.2) is 46.9 Å². The van der Waals surface area contributed by atoms with Crippen LogP contribution < -0.4 is 5.32 Å². The fraction of sp³-hybridized carbons (Fsp3) is 0.278. The summed E-state index contributed by atoms with van der Waals surface area (Å²) in [7, 11) is 0. The molecular formula is C18H15N5O2. The van der Waals surface area contributed by atoms with Gasteiger partial charge in [-0.05, 0) is 37.1 Å². The lowest BCUT2D eigenvalue weighted by Crippen LogP contribution is -2.34. The minimum absolute atomic E-state index is 0.103. The lowest BCUT2D eigenvalue weighted by molar-refractivity contribution is -0.114. The van der Waals surface area contributed by atoms with E-state index in [-0.39, 0.29) is 11.9 Å². The highest BCUT2D eigenvalue weighted by Crippen LogP contribution is 2.45. The van der Waals surface area contributed by atoms with Gasteiger partial charge in [-0.15, -0.1) is 0 Å². The van der Waals surface area contributed by atoms with E-state index in [0.717, 1.165) is 41.5 Å². The molecule has 2 aliphatic heterocycles. The highest BCUT2D eigenvalue weighted by atomic mass is 16.5. The van der Waals surface area contributed by atoms with Crippen LogP contribution in [0.4, 0.5) is 0 Å². The molecule has 124 valence electrons. The molecule has 1 atom stereocenters. The first-order valence-corrected chi connectivity index (χ1v) is 8.51. The van der Waals surface area contributed by atoms with Gasteiger partial charge < -0.3 is 19.3 Å². The van der Waals surface area contributed by atoms with Crippen LogP contribution in [-0.2, 0) is 4.79 Å². The average molecular weight is 333 g/mol. The summed E-state index contributed by atoms with van der Waals surface area (Å²) in [5, 5.41) is 7.56. The summed E-state index contributed by atoms with van der Waals surface area (Å²) < 4.78 is 7.56. The van der Waals surface area contributed by atoms with Gasteiger partial charge in [-0.2, -0.15) is 4.98 Å². The third kappa shape index (κ3) is 1.77. The van der Waals surface area contributed by atoms with Crippen molar-refractivity contribution in [2.75, 3.05) is 0 Å². The second-order valence-electron chi connectivity index (χ2n) is 6.81. The van der Waals surface area contributed by atoms with Crippen molar-refractivity contribution in [2.24, 2.45) is 0 Å². The van der Waals surface area contributed by atoms with Crippen molar-refractivity contribution in [1.29, 1.82) is 0 Å². The summed E-state index contributed by atoms with van der Waals surface area (Å²) in [5.74, 6) is 1.86. The molecule has 7 nitrogen and oxygen atoms in total. The summed E-state index contributed by atoms with van der Waals surface area (Å²) >= 11 is 0. The molecule has 6 rings (SSSR count). The van der Waals surface area contributed by atoms with Gasteiger partial charge in [0.2, 0.25) is 11.7 Å². The van der Waals surface area contributed by atoms with Crippen molar-refractivity contribution in [3.8, 4) is 0 Å². The smallest absolute Gasteiger partial charge is 0.229 e. The largest absolute Gasteiger partial charge is 0.363 e. The lowest BCUT2D eigenvalue weighted by Gasteiger charge is -2.36. The maximum absolute atomic E-state index is 12.1. The number of aromatic nitrogens is 3. The van der Waals surface area contributed by atoms with Crippen LogP contribution in [-0.4, -0.2) is 25.4 Å². The van der Waals surface area contributed by atoms with Crippen LogP contribution in [0.25, 0.3) is 11.4 Å². The number of allylic oxidation sites excluding steroid dienone is 4. The number of hydrogen-bond donors (Lipinski definition) is 1. The zero-order valence-corrected chi connectivity index (χ0v) is 13.3. The van der Waals surface area contributed by atoms with Crippen molar-refractivity contribution in [3.05, 3.63) is 59.8 Å². The van der Waals surface area contributed by atoms with Crippen LogP contribution in [0.3, 0.4) is 0 Å². The minimum atomic E-state index is -0.251. The Kier molecular flexibility index (Phi) is 2.38. The van der Waals surface area contributed by atoms with Gasteiger partial charge in [0.1, 0.15) is 0 Å². The van der Waals surface area contributed by atoms with Crippen molar-refractivity contribution < 1.29 is 9.32 Å². The summed E-state index contributed by atoms with van der Waals surface area (Å²) in [5.41, 5.74) is 4.10. The first-order valence-electron chi connectivity index (χ1n) is 8.51. The zero-order chi connectivity index (χ0) is 16.5. The van der Waals surface area contributed by atoms with Gasteiger partial charge >= 0.3 is 0 Å². The van der Waals surface area contributed by atoms with Crippen molar-refractivity contribution in [2.45, 2.75) is 31.3 Å². The molecule has 2 aromatic heterocycles. The summed E-state index contributed by atoms with van der Waals surface area (Å²) in [6.07, 6.45) is 9.89. The first-order chi connectivity index (χ1) is 12.3. The molecule has 0 unspecified atom stereocenters. The summed E-state index contributed by atoms with van der Waals surface area (Å²) in [4.78, 5) is 18.8. The molecule has 0 spiro atoms. The maximum atomic E-state index is 12.1. The summed E-state index contributed by atoms with van der Waals surface area (Å²) in [6.45, 7) is 0. The molecule has 25 heavy (non-hydrogen) atoms. The van der Waals surface area contributed by atoms with Gasteiger partial charge in [0.25, 0.3) is 0 Å². The fourth-order valence-electron chi connectivity index (χ4n) is 3.79. The van der Waals surface area contributed by atoms with E-state index in [9.17, 15) is 4.79 Å². The standard InChI is InChI=1S/C18H15N5O2/c24-11-5-6-13-14(8-11)23-15(12-2-1-7-22(12)13)9-19-17(23)16-20-18(25-21-16)10-3-4-10/h1-2,5-7,9-10,17,19H,3-4,8H2/t17-/m1/s1. The van der Waals surface area contributed by atoms with E-state index in [2.05, 4.69) is 31.0 Å². The predicted octanol–water partition coefficient (Wildman–Crippen LogP) is 2.36. The van der Waals surface area contributed by atoms with E-state index in [1.54, 1.807) is 6.08 Å². The third-order valence-corrected chi connectivity index (χ3v) is 5.15. The Hall–Kier alpha value is -3.09. The molecule has 4 aliphatic rings. The molecule has 2 aliphatic carbocycles. The second kappa shape index (κ2) is 4.50. The van der Waals surface area contributed by atoms with E-state index >= 15 is 0 Å². The first kappa shape index (κ1) is 13.2. The number of fused-ring (bicyclic) bond motifs is 5. The Morgan fingerprint density at radius 2 is 2.20 bits per heavy atom.